The second-order valence-electron chi connectivity index (χ2n) is 6.09. The van der Waals surface area contributed by atoms with Crippen LogP contribution in [0, 0.1) is 5.82 Å². The van der Waals surface area contributed by atoms with E-state index in [4.69, 9.17) is 0 Å². The number of benzene rings is 3. The van der Waals surface area contributed by atoms with Crippen LogP contribution < -0.4 is 10.0 Å². The molecule has 1 heterocycles. The number of nitrogens with one attached hydrogen (secondary N) is 2. The van der Waals surface area contributed by atoms with Crippen molar-refractivity contribution in [3.8, 4) is 0 Å². The zero-order valence-electron chi connectivity index (χ0n) is 14.4. The highest BCUT2D eigenvalue weighted by Gasteiger charge is 2.26. The number of hydrogen-bond donors (Lipinski definition) is 2. The minimum absolute atomic E-state index is 0.0436. The van der Waals surface area contributed by atoms with Crippen molar-refractivity contribution in [3.05, 3.63) is 65.5 Å². The number of carbonyl (C=O) groups is 2. The smallest absolute Gasteiger partial charge is 0.337 e. The van der Waals surface area contributed by atoms with Gasteiger partial charge >= 0.3 is 5.97 Å². The third-order valence-corrected chi connectivity index (χ3v) is 5.84. The average Bonchev–Trinajstić information content (AvgIpc) is 3.00. The summed E-state index contributed by atoms with van der Waals surface area (Å²) in [4.78, 5) is 23.4. The Morgan fingerprint density at radius 2 is 1.93 bits per heavy atom. The van der Waals surface area contributed by atoms with Gasteiger partial charge in [-0.05, 0) is 36.4 Å². The fourth-order valence-corrected chi connectivity index (χ4v) is 4.41. The summed E-state index contributed by atoms with van der Waals surface area (Å²) in [6.45, 7) is 0. The van der Waals surface area contributed by atoms with Crippen LogP contribution in [0.25, 0.3) is 10.8 Å². The van der Waals surface area contributed by atoms with Crippen LogP contribution >= 0.6 is 0 Å². The zero-order valence-corrected chi connectivity index (χ0v) is 15.3. The molecule has 0 unspecified atom stereocenters. The maximum atomic E-state index is 14.3. The van der Waals surface area contributed by atoms with Crippen molar-refractivity contribution in [2.75, 3.05) is 17.1 Å². The monoisotopic (exact) mass is 400 g/mol. The molecule has 7 nitrogen and oxygen atoms in total. The number of methoxy groups -OCH3 is 1. The highest BCUT2D eigenvalue weighted by Crippen LogP contribution is 2.37. The van der Waals surface area contributed by atoms with Crippen LogP contribution in [0.2, 0.25) is 0 Å². The molecular weight excluding hydrogens is 387 g/mol. The lowest BCUT2D eigenvalue weighted by molar-refractivity contribution is 0.0600. The Morgan fingerprint density at radius 3 is 2.64 bits per heavy atom. The molecule has 1 aliphatic rings. The average molecular weight is 400 g/mol. The van der Waals surface area contributed by atoms with E-state index in [-0.39, 0.29) is 22.1 Å². The van der Waals surface area contributed by atoms with E-state index < -0.39 is 21.8 Å². The van der Waals surface area contributed by atoms with Gasteiger partial charge in [-0.3, -0.25) is 9.52 Å². The molecular formula is C19H13FN2O5S. The third-order valence-electron chi connectivity index (χ3n) is 4.42. The van der Waals surface area contributed by atoms with Crippen molar-refractivity contribution in [3.63, 3.8) is 0 Å². The Labute approximate surface area is 159 Å². The summed E-state index contributed by atoms with van der Waals surface area (Å²) < 4.78 is 46.8. The predicted octanol–water partition coefficient (Wildman–Crippen LogP) is 3.13. The van der Waals surface area contributed by atoms with Gasteiger partial charge in [-0.1, -0.05) is 12.1 Å². The Kier molecular flexibility index (Phi) is 4.04. The zero-order chi connectivity index (χ0) is 20.1. The van der Waals surface area contributed by atoms with Crippen LogP contribution in [-0.4, -0.2) is 27.4 Å². The summed E-state index contributed by atoms with van der Waals surface area (Å²) in [6.07, 6.45) is 0. The highest BCUT2D eigenvalue weighted by atomic mass is 32.2. The molecule has 0 fully saturated rings. The van der Waals surface area contributed by atoms with Gasteiger partial charge in [0.25, 0.3) is 15.9 Å². The summed E-state index contributed by atoms with van der Waals surface area (Å²) in [5, 5.41) is 3.51. The molecule has 142 valence electrons. The number of sulfonamides is 1. The number of anilines is 2. The van der Waals surface area contributed by atoms with Crippen molar-refractivity contribution in [2.45, 2.75) is 4.90 Å². The Morgan fingerprint density at radius 1 is 1.14 bits per heavy atom. The minimum Gasteiger partial charge on any atom is -0.465 e. The lowest BCUT2D eigenvalue weighted by Gasteiger charge is -2.12. The fourth-order valence-electron chi connectivity index (χ4n) is 3.14. The van der Waals surface area contributed by atoms with Crippen molar-refractivity contribution >= 4 is 44.0 Å². The molecule has 0 saturated heterocycles. The van der Waals surface area contributed by atoms with Crippen molar-refractivity contribution in [1.82, 2.24) is 0 Å². The number of ether oxygens (including phenoxy) is 1. The topological polar surface area (TPSA) is 102 Å². The Hall–Kier alpha value is -3.46. The van der Waals surface area contributed by atoms with Gasteiger partial charge in [0.05, 0.1) is 23.3 Å². The first-order chi connectivity index (χ1) is 13.3. The molecule has 3 aromatic carbocycles. The number of rotatable bonds is 4. The van der Waals surface area contributed by atoms with E-state index >= 15 is 0 Å². The van der Waals surface area contributed by atoms with Gasteiger partial charge < -0.3 is 10.1 Å². The molecule has 0 spiro atoms. The molecule has 0 atom stereocenters. The lowest BCUT2D eigenvalue weighted by Crippen LogP contribution is -2.15. The Bertz CT molecular complexity index is 1270. The van der Waals surface area contributed by atoms with Gasteiger partial charge in [0.1, 0.15) is 5.82 Å². The van der Waals surface area contributed by atoms with Gasteiger partial charge in [-0.2, -0.15) is 0 Å². The number of halogens is 1. The molecule has 0 bridgehead atoms. The largest absolute Gasteiger partial charge is 0.465 e. The van der Waals surface area contributed by atoms with Crippen LogP contribution in [0.4, 0.5) is 15.8 Å². The van der Waals surface area contributed by atoms with E-state index in [0.717, 1.165) is 19.2 Å². The summed E-state index contributed by atoms with van der Waals surface area (Å²) in [5.74, 6) is -1.97. The standard InChI is InChI=1S/C19H13FN2O5S/c1-27-19(24)10-5-6-14(13(20)9-10)22-28(25,26)16-8-7-15-17-11(16)3-2-4-12(17)18(23)21-15/h2-9,22H,1H3,(H,21,23). The number of esters is 1. The van der Waals surface area contributed by atoms with E-state index in [1.807, 2.05) is 0 Å². The van der Waals surface area contributed by atoms with E-state index in [2.05, 4.69) is 14.8 Å². The SMILES string of the molecule is COC(=O)c1ccc(NS(=O)(=O)c2ccc3c4c(cccc24)C(=O)N3)c(F)c1. The second kappa shape index (κ2) is 6.31. The van der Waals surface area contributed by atoms with Gasteiger partial charge in [0.2, 0.25) is 0 Å². The first kappa shape index (κ1) is 17.9. The van der Waals surface area contributed by atoms with Gasteiger partial charge in [-0.25, -0.2) is 17.6 Å². The van der Waals surface area contributed by atoms with Gasteiger partial charge in [0, 0.05) is 22.0 Å². The van der Waals surface area contributed by atoms with Crippen LogP contribution in [0.3, 0.4) is 0 Å². The molecule has 1 amide bonds. The molecule has 0 aromatic heterocycles. The van der Waals surface area contributed by atoms with E-state index in [1.165, 1.54) is 18.2 Å². The van der Waals surface area contributed by atoms with E-state index in [0.29, 0.717) is 22.0 Å². The molecule has 1 aliphatic heterocycles. The quantitative estimate of drug-likeness (QED) is 0.655. The molecule has 2 N–H and O–H groups in total. The molecule has 0 saturated carbocycles. The maximum Gasteiger partial charge on any atom is 0.337 e. The number of amides is 1. The molecule has 0 aliphatic carbocycles. The van der Waals surface area contributed by atoms with Crippen molar-refractivity contribution in [2.24, 2.45) is 0 Å². The summed E-state index contributed by atoms with van der Waals surface area (Å²) >= 11 is 0. The van der Waals surface area contributed by atoms with Crippen molar-refractivity contribution < 1.29 is 27.1 Å². The molecule has 4 rings (SSSR count). The summed E-state index contributed by atoms with van der Waals surface area (Å²) in [6, 6.07) is 10.9. The number of hydrogen-bond acceptors (Lipinski definition) is 5. The van der Waals surface area contributed by atoms with Crippen LogP contribution in [0.5, 0.6) is 0 Å². The van der Waals surface area contributed by atoms with Crippen LogP contribution in [0.1, 0.15) is 20.7 Å². The highest BCUT2D eigenvalue weighted by molar-refractivity contribution is 7.93. The first-order valence-electron chi connectivity index (χ1n) is 8.09. The third kappa shape index (κ3) is 2.76. The van der Waals surface area contributed by atoms with E-state index in [1.54, 1.807) is 18.2 Å². The maximum absolute atomic E-state index is 14.3. The van der Waals surface area contributed by atoms with E-state index in [9.17, 15) is 22.4 Å². The molecule has 28 heavy (non-hydrogen) atoms. The Balaban J connectivity index is 1.78. The van der Waals surface area contributed by atoms with Crippen LogP contribution in [0.15, 0.2) is 53.4 Å². The fraction of sp³-hybridized carbons (Fsp3) is 0.0526. The molecule has 0 radical (unpaired) electrons. The number of carbonyl (C=O) groups excluding carboxylic acids is 2. The van der Waals surface area contributed by atoms with Gasteiger partial charge in [-0.15, -0.1) is 0 Å². The minimum atomic E-state index is -4.17. The molecule has 9 heteroatoms. The summed E-state index contributed by atoms with van der Waals surface area (Å²) in [5.41, 5.74) is 0.532. The summed E-state index contributed by atoms with van der Waals surface area (Å²) in [7, 11) is -3.01. The first-order valence-corrected chi connectivity index (χ1v) is 9.58. The normalized spacial score (nSPS) is 12.7. The van der Waals surface area contributed by atoms with Crippen molar-refractivity contribution in [1.29, 1.82) is 0 Å². The van der Waals surface area contributed by atoms with Crippen LogP contribution in [-0.2, 0) is 14.8 Å². The predicted molar refractivity (Wildman–Crippen MR) is 100 cm³/mol. The second-order valence-corrected chi connectivity index (χ2v) is 7.74. The lowest BCUT2D eigenvalue weighted by atomic mass is 10.1. The van der Waals surface area contributed by atoms with Gasteiger partial charge in [0.15, 0.2) is 0 Å². The molecule has 3 aromatic rings.